The first-order valence-electron chi connectivity index (χ1n) is 3.86. The lowest BCUT2D eigenvalue weighted by Gasteiger charge is -2.05. The zero-order valence-corrected chi connectivity index (χ0v) is 8.23. The van der Waals surface area contributed by atoms with E-state index < -0.39 is 17.4 Å². The van der Waals surface area contributed by atoms with Crippen LogP contribution in [-0.2, 0) is 4.79 Å². The van der Waals surface area contributed by atoms with Crippen LogP contribution in [0.15, 0.2) is 18.2 Å². The van der Waals surface area contributed by atoms with Crippen molar-refractivity contribution in [3.05, 3.63) is 33.3 Å². The van der Waals surface area contributed by atoms with E-state index in [0.717, 1.165) is 0 Å². The number of carbonyl (C=O) groups is 1. The maximum atomic E-state index is 10.6. The van der Waals surface area contributed by atoms with Crippen LogP contribution in [0.3, 0.4) is 0 Å². The fourth-order valence-electron chi connectivity index (χ4n) is 0.927. The average Bonchev–Trinajstić information content (AvgIpc) is 2.15. The third-order valence-corrected chi connectivity index (χ3v) is 1.80. The van der Waals surface area contributed by atoms with Crippen LogP contribution in [0.4, 0.5) is 5.69 Å². The molecule has 0 saturated carbocycles. The summed E-state index contributed by atoms with van der Waals surface area (Å²) in [5.74, 6) is -0.882. The topological polar surface area (TPSA) is 95.5 Å². The molecule has 0 heterocycles. The van der Waals surface area contributed by atoms with Gasteiger partial charge in [-0.05, 0) is 6.07 Å². The molecule has 6 nitrogen and oxygen atoms in total. The monoisotopic (exact) mass is 230 g/mol. The van der Waals surface area contributed by atoms with Crippen LogP contribution in [0.2, 0.25) is 5.02 Å². The fraction of sp³-hybridized carbons (Fsp3) is 0.125. The van der Waals surface area contributed by atoms with Crippen LogP contribution < -0.4 is 10.5 Å². The molecular formula is C8H7ClN2O4. The molecule has 15 heavy (non-hydrogen) atoms. The number of amides is 1. The Labute approximate surface area is 89.7 Å². The molecule has 0 aliphatic carbocycles. The molecule has 2 N–H and O–H groups in total. The summed E-state index contributed by atoms with van der Waals surface area (Å²) in [5, 5.41) is 10.6. The first kappa shape index (κ1) is 11.3. The second-order valence-corrected chi connectivity index (χ2v) is 3.01. The molecule has 0 bridgehead atoms. The van der Waals surface area contributed by atoms with Crippen molar-refractivity contribution >= 4 is 23.2 Å². The Balaban J connectivity index is 3.02. The van der Waals surface area contributed by atoms with Crippen molar-refractivity contribution in [2.24, 2.45) is 5.73 Å². The van der Waals surface area contributed by atoms with Crippen LogP contribution in [0.5, 0.6) is 5.75 Å². The van der Waals surface area contributed by atoms with Gasteiger partial charge in [-0.15, -0.1) is 0 Å². The van der Waals surface area contributed by atoms with Gasteiger partial charge in [-0.1, -0.05) is 17.7 Å². The van der Waals surface area contributed by atoms with Crippen molar-refractivity contribution in [3.8, 4) is 5.75 Å². The van der Waals surface area contributed by atoms with Crippen LogP contribution in [0, 0.1) is 10.1 Å². The Morgan fingerprint density at radius 1 is 1.60 bits per heavy atom. The summed E-state index contributed by atoms with van der Waals surface area (Å²) in [6, 6.07) is 4.06. The van der Waals surface area contributed by atoms with Gasteiger partial charge in [0.15, 0.2) is 6.61 Å². The normalized spacial score (nSPS) is 9.67. The number of halogens is 1. The minimum Gasteiger partial charge on any atom is -0.476 e. The van der Waals surface area contributed by atoms with E-state index in [4.69, 9.17) is 22.1 Å². The van der Waals surface area contributed by atoms with E-state index in [1.165, 1.54) is 18.2 Å². The average molecular weight is 231 g/mol. The number of hydrogen-bond donors (Lipinski definition) is 1. The number of benzene rings is 1. The molecule has 0 unspecified atom stereocenters. The third-order valence-electron chi connectivity index (χ3n) is 1.50. The molecule has 0 radical (unpaired) electrons. The number of nitro groups is 1. The summed E-state index contributed by atoms with van der Waals surface area (Å²) in [6.07, 6.45) is 0. The SMILES string of the molecule is NC(=O)COc1c(Cl)cccc1[N+](=O)[O-]. The lowest BCUT2D eigenvalue weighted by atomic mass is 10.3. The van der Waals surface area contributed by atoms with Crippen molar-refractivity contribution in [1.82, 2.24) is 0 Å². The highest BCUT2D eigenvalue weighted by Gasteiger charge is 2.18. The smallest absolute Gasteiger partial charge is 0.312 e. The van der Waals surface area contributed by atoms with Crippen molar-refractivity contribution in [2.45, 2.75) is 0 Å². The predicted octanol–water partition coefficient (Wildman–Crippen LogP) is 1.11. The number of nitrogens with two attached hydrogens (primary N) is 1. The summed E-state index contributed by atoms with van der Waals surface area (Å²) < 4.78 is 4.84. The molecule has 1 aromatic rings. The number of para-hydroxylation sites is 1. The number of primary amides is 1. The van der Waals surface area contributed by atoms with Crippen LogP contribution in [0.25, 0.3) is 0 Å². The Hall–Kier alpha value is -1.82. The first-order chi connectivity index (χ1) is 7.02. The summed E-state index contributed by atoms with van der Waals surface area (Å²) in [6.45, 7) is -0.454. The van der Waals surface area contributed by atoms with Gasteiger partial charge in [0.2, 0.25) is 5.75 Å². The summed E-state index contributed by atoms with van der Waals surface area (Å²) in [5.41, 5.74) is 4.54. The molecule has 1 rings (SSSR count). The van der Waals surface area contributed by atoms with E-state index in [1.54, 1.807) is 0 Å². The number of nitrogens with zero attached hydrogens (tertiary/aromatic N) is 1. The second kappa shape index (κ2) is 4.61. The predicted molar refractivity (Wildman–Crippen MR) is 52.8 cm³/mol. The van der Waals surface area contributed by atoms with Crippen LogP contribution in [-0.4, -0.2) is 17.4 Å². The van der Waals surface area contributed by atoms with E-state index in [0.29, 0.717) is 0 Å². The van der Waals surface area contributed by atoms with Gasteiger partial charge in [-0.3, -0.25) is 14.9 Å². The standard InChI is InChI=1S/C8H7ClN2O4/c9-5-2-1-3-6(11(13)14)8(5)15-4-7(10)12/h1-3H,4H2,(H2,10,12). The van der Waals surface area contributed by atoms with Crippen LogP contribution in [0.1, 0.15) is 0 Å². The van der Waals surface area contributed by atoms with Gasteiger partial charge in [-0.2, -0.15) is 0 Å². The van der Waals surface area contributed by atoms with Crippen molar-refractivity contribution in [3.63, 3.8) is 0 Å². The van der Waals surface area contributed by atoms with Gasteiger partial charge in [0, 0.05) is 6.07 Å². The van der Waals surface area contributed by atoms with Gasteiger partial charge in [0.1, 0.15) is 0 Å². The number of carbonyl (C=O) groups excluding carboxylic acids is 1. The summed E-state index contributed by atoms with van der Waals surface area (Å²) in [4.78, 5) is 20.4. The number of ether oxygens (including phenoxy) is 1. The number of nitro benzene ring substituents is 1. The number of hydrogen-bond acceptors (Lipinski definition) is 4. The maximum Gasteiger partial charge on any atom is 0.312 e. The summed E-state index contributed by atoms with van der Waals surface area (Å²) >= 11 is 5.68. The van der Waals surface area contributed by atoms with Crippen LogP contribution >= 0.6 is 11.6 Å². The highest BCUT2D eigenvalue weighted by Crippen LogP contribution is 2.34. The van der Waals surface area contributed by atoms with Gasteiger partial charge in [-0.25, -0.2) is 0 Å². The highest BCUT2D eigenvalue weighted by atomic mass is 35.5. The molecule has 1 amide bonds. The third kappa shape index (κ3) is 2.81. The van der Waals surface area contributed by atoms with E-state index in [1.807, 2.05) is 0 Å². The van der Waals surface area contributed by atoms with Gasteiger partial charge in [0.25, 0.3) is 5.91 Å². The second-order valence-electron chi connectivity index (χ2n) is 2.60. The molecule has 0 atom stereocenters. The van der Waals surface area contributed by atoms with E-state index in [2.05, 4.69) is 0 Å². The Bertz CT molecular complexity index is 408. The summed E-state index contributed by atoms with van der Waals surface area (Å²) in [7, 11) is 0. The van der Waals surface area contributed by atoms with E-state index in [9.17, 15) is 14.9 Å². The zero-order valence-electron chi connectivity index (χ0n) is 7.47. The lowest BCUT2D eigenvalue weighted by Crippen LogP contribution is -2.20. The Kier molecular flexibility index (Phi) is 3.46. The molecule has 0 saturated heterocycles. The van der Waals surface area contributed by atoms with E-state index in [-0.39, 0.29) is 16.5 Å². The minimum absolute atomic E-state index is 0.0606. The molecule has 0 fully saturated rings. The fourth-order valence-corrected chi connectivity index (χ4v) is 1.15. The molecule has 0 aliphatic rings. The molecule has 0 spiro atoms. The van der Waals surface area contributed by atoms with Gasteiger partial charge < -0.3 is 10.5 Å². The molecule has 7 heteroatoms. The quantitative estimate of drug-likeness (QED) is 0.619. The minimum atomic E-state index is -0.732. The zero-order chi connectivity index (χ0) is 11.4. The first-order valence-corrected chi connectivity index (χ1v) is 4.24. The molecular weight excluding hydrogens is 224 g/mol. The Morgan fingerprint density at radius 2 is 2.27 bits per heavy atom. The maximum absolute atomic E-state index is 10.6. The van der Waals surface area contributed by atoms with Gasteiger partial charge in [0.05, 0.1) is 9.95 Å². The van der Waals surface area contributed by atoms with Crippen molar-refractivity contribution < 1.29 is 14.5 Å². The Morgan fingerprint density at radius 3 is 2.80 bits per heavy atom. The van der Waals surface area contributed by atoms with E-state index >= 15 is 0 Å². The largest absolute Gasteiger partial charge is 0.476 e. The van der Waals surface area contributed by atoms with Crippen molar-refractivity contribution in [2.75, 3.05) is 6.61 Å². The number of rotatable bonds is 4. The molecule has 80 valence electrons. The highest BCUT2D eigenvalue weighted by molar-refractivity contribution is 6.32. The molecule has 1 aromatic carbocycles. The lowest BCUT2D eigenvalue weighted by molar-refractivity contribution is -0.385. The molecule has 0 aliphatic heterocycles. The van der Waals surface area contributed by atoms with Crippen molar-refractivity contribution in [1.29, 1.82) is 0 Å². The van der Waals surface area contributed by atoms with Gasteiger partial charge >= 0.3 is 5.69 Å². The molecule has 0 aromatic heterocycles.